The zero-order valence-electron chi connectivity index (χ0n) is 7.43. The SMILES string of the molecule is CC1=NC(C)(Cc2ncon2)N=N1. The molecule has 13 heavy (non-hydrogen) atoms. The number of hydrogen-bond acceptors (Lipinski definition) is 6. The van der Waals surface area contributed by atoms with E-state index in [9.17, 15) is 0 Å². The zero-order chi connectivity index (χ0) is 9.31. The van der Waals surface area contributed by atoms with Gasteiger partial charge in [0.2, 0.25) is 6.39 Å². The van der Waals surface area contributed by atoms with Crippen LogP contribution in [0.1, 0.15) is 19.7 Å². The Morgan fingerprint density at radius 3 is 2.92 bits per heavy atom. The first-order chi connectivity index (χ1) is 6.18. The molecule has 1 unspecified atom stereocenters. The van der Waals surface area contributed by atoms with Gasteiger partial charge in [-0.3, -0.25) is 0 Å². The minimum Gasteiger partial charge on any atom is -0.343 e. The van der Waals surface area contributed by atoms with Crippen LogP contribution in [-0.4, -0.2) is 21.6 Å². The highest BCUT2D eigenvalue weighted by molar-refractivity contribution is 5.81. The monoisotopic (exact) mass is 179 g/mol. The minimum atomic E-state index is -0.548. The first kappa shape index (κ1) is 8.03. The van der Waals surface area contributed by atoms with Crippen LogP contribution < -0.4 is 0 Å². The molecule has 68 valence electrons. The summed E-state index contributed by atoms with van der Waals surface area (Å²) in [7, 11) is 0. The molecule has 1 aromatic rings. The van der Waals surface area contributed by atoms with E-state index in [1.54, 1.807) is 0 Å². The van der Waals surface area contributed by atoms with E-state index in [1.807, 2.05) is 13.8 Å². The summed E-state index contributed by atoms with van der Waals surface area (Å²) >= 11 is 0. The lowest BCUT2D eigenvalue weighted by molar-refractivity contribution is 0.397. The molecule has 0 amide bonds. The Balaban J connectivity index is 2.15. The Morgan fingerprint density at radius 2 is 2.38 bits per heavy atom. The maximum Gasteiger partial charge on any atom is 0.213 e. The summed E-state index contributed by atoms with van der Waals surface area (Å²) in [4.78, 5) is 8.16. The molecule has 0 N–H and O–H groups in total. The van der Waals surface area contributed by atoms with Crippen molar-refractivity contribution >= 4 is 5.84 Å². The van der Waals surface area contributed by atoms with Gasteiger partial charge in [-0.15, -0.1) is 5.11 Å². The molecule has 1 aliphatic heterocycles. The summed E-state index contributed by atoms with van der Waals surface area (Å²) in [6.07, 6.45) is 1.81. The normalized spacial score (nSPS) is 26.5. The first-order valence-corrected chi connectivity index (χ1v) is 3.93. The number of nitrogens with zero attached hydrogens (tertiary/aromatic N) is 5. The Labute approximate surface area is 74.8 Å². The van der Waals surface area contributed by atoms with Crippen molar-refractivity contribution in [2.45, 2.75) is 25.9 Å². The van der Waals surface area contributed by atoms with Gasteiger partial charge in [0.15, 0.2) is 11.5 Å². The quantitative estimate of drug-likeness (QED) is 0.684. The molecular formula is C7H9N5O. The van der Waals surface area contributed by atoms with E-state index in [0.29, 0.717) is 18.1 Å². The molecular weight excluding hydrogens is 170 g/mol. The molecule has 1 aromatic heterocycles. The van der Waals surface area contributed by atoms with E-state index in [1.165, 1.54) is 6.39 Å². The summed E-state index contributed by atoms with van der Waals surface area (Å²) < 4.78 is 4.61. The molecule has 6 heteroatoms. The third kappa shape index (κ3) is 1.61. The van der Waals surface area contributed by atoms with Gasteiger partial charge < -0.3 is 4.52 Å². The fourth-order valence-electron chi connectivity index (χ4n) is 1.22. The summed E-state index contributed by atoms with van der Waals surface area (Å²) in [5.74, 6) is 1.28. The van der Waals surface area contributed by atoms with Gasteiger partial charge in [-0.25, -0.2) is 4.99 Å². The molecule has 0 saturated carbocycles. The molecule has 0 aromatic carbocycles. The summed E-state index contributed by atoms with van der Waals surface area (Å²) in [6, 6.07) is 0. The molecule has 0 radical (unpaired) electrons. The number of aliphatic imine (C=N–C) groups is 1. The fraction of sp³-hybridized carbons (Fsp3) is 0.571. The number of hydrogen-bond donors (Lipinski definition) is 0. The zero-order valence-corrected chi connectivity index (χ0v) is 7.43. The fourth-order valence-corrected chi connectivity index (χ4v) is 1.22. The third-order valence-corrected chi connectivity index (χ3v) is 1.71. The molecule has 1 atom stereocenters. The molecule has 0 spiro atoms. The Kier molecular flexibility index (Phi) is 1.68. The number of amidine groups is 1. The van der Waals surface area contributed by atoms with Crippen LogP contribution in [0, 0.1) is 0 Å². The van der Waals surface area contributed by atoms with Crippen LogP contribution in [0.15, 0.2) is 26.1 Å². The van der Waals surface area contributed by atoms with E-state index in [2.05, 4.69) is 29.9 Å². The van der Waals surface area contributed by atoms with Crippen molar-refractivity contribution in [2.24, 2.45) is 15.2 Å². The topological polar surface area (TPSA) is 76.0 Å². The Bertz CT molecular complexity index is 355. The maximum absolute atomic E-state index is 4.61. The first-order valence-electron chi connectivity index (χ1n) is 3.93. The van der Waals surface area contributed by atoms with Crippen LogP contribution in [-0.2, 0) is 6.42 Å². The molecule has 0 aliphatic carbocycles. The van der Waals surface area contributed by atoms with Gasteiger partial charge in [0.25, 0.3) is 0 Å². The highest BCUT2D eigenvalue weighted by atomic mass is 16.5. The van der Waals surface area contributed by atoms with Gasteiger partial charge in [-0.1, -0.05) is 5.16 Å². The van der Waals surface area contributed by atoms with Gasteiger partial charge in [-0.05, 0) is 13.8 Å². The third-order valence-electron chi connectivity index (χ3n) is 1.71. The maximum atomic E-state index is 4.61. The van der Waals surface area contributed by atoms with Gasteiger partial charge in [0.05, 0.1) is 6.42 Å². The summed E-state index contributed by atoms with van der Waals surface area (Å²) in [5, 5.41) is 11.6. The predicted octanol–water partition coefficient (Wildman–Crippen LogP) is 1.21. The second-order valence-electron chi connectivity index (χ2n) is 3.10. The average molecular weight is 179 g/mol. The smallest absolute Gasteiger partial charge is 0.213 e. The van der Waals surface area contributed by atoms with Gasteiger partial charge in [0.1, 0.15) is 5.84 Å². The lowest BCUT2D eigenvalue weighted by atomic mass is 10.1. The van der Waals surface area contributed by atoms with Crippen molar-refractivity contribution in [3.05, 3.63) is 12.2 Å². The molecule has 0 fully saturated rings. The van der Waals surface area contributed by atoms with Crippen molar-refractivity contribution in [3.8, 4) is 0 Å². The van der Waals surface area contributed by atoms with Crippen LogP contribution in [0.4, 0.5) is 0 Å². The number of aromatic nitrogens is 2. The second-order valence-corrected chi connectivity index (χ2v) is 3.10. The summed E-state index contributed by atoms with van der Waals surface area (Å²) in [5.41, 5.74) is -0.548. The largest absolute Gasteiger partial charge is 0.343 e. The molecule has 0 saturated heterocycles. The van der Waals surface area contributed by atoms with E-state index >= 15 is 0 Å². The number of azo groups is 1. The van der Waals surface area contributed by atoms with Gasteiger partial charge in [0, 0.05) is 0 Å². The molecule has 0 bridgehead atoms. The molecule has 2 rings (SSSR count). The van der Waals surface area contributed by atoms with Crippen molar-refractivity contribution < 1.29 is 4.52 Å². The van der Waals surface area contributed by atoms with E-state index in [-0.39, 0.29) is 0 Å². The Morgan fingerprint density at radius 1 is 1.54 bits per heavy atom. The highest BCUT2D eigenvalue weighted by Gasteiger charge is 2.29. The van der Waals surface area contributed by atoms with Crippen molar-refractivity contribution in [1.82, 2.24) is 10.1 Å². The van der Waals surface area contributed by atoms with E-state index < -0.39 is 5.66 Å². The lowest BCUT2D eigenvalue weighted by Crippen LogP contribution is -2.20. The molecule has 6 nitrogen and oxygen atoms in total. The van der Waals surface area contributed by atoms with Crippen LogP contribution in [0.5, 0.6) is 0 Å². The van der Waals surface area contributed by atoms with Crippen LogP contribution >= 0.6 is 0 Å². The van der Waals surface area contributed by atoms with Crippen molar-refractivity contribution in [1.29, 1.82) is 0 Å². The predicted molar refractivity (Wildman–Crippen MR) is 44.4 cm³/mol. The van der Waals surface area contributed by atoms with Crippen LogP contribution in [0.3, 0.4) is 0 Å². The summed E-state index contributed by atoms with van der Waals surface area (Å²) in [6.45, 7) is 3.69. The second kappa shape index (κ2) is 2.72. The minimum absolute atomic E-state index is 0.518. The highest BCUT2D eigenvalue weighted by Crippen LogP contribution is 2.22. The Hall–Kier alpha value is -1.59. The van der Waals surface area contributed by atoms with Crippen molar-refractivity contribution in [2.75, 3.05) is 0 Å². The molecule has 1 aliphatic rings. The van der Waals surface area contributed by atoms with E-state index in [0.717, 1.165) is 0 Å². The lowest BCUT2D eigenvalue weighted by Gasteiger charge is -2.11. The average Bonchev–Trinajstić information content (AvgIpc) is 2.62. The van der Waals surface area contributed by atoms with Gasteiger partial charge >= 0.3 is 0 Å². The van der Waals surface area contributed by atoms with Crippen molar-refractivity contribution in [3.63, 3.8) is 0 Å². The molecule has 2 heterocycles. The number of rotatable bonds is 2. The van der Waals surface area contributed by atoms with E-state index in [4.69, 9.17) is 0 Å². The van der Waals surface area contributed by atoms with Crippen LogP contribution in [0.2, 0.25) is 0 Å². The van der Waals surface area contributed by atoms with Gasteiger partial charge in [-0.2, -0.15) is 10.1 Å². The van der Waals surface area contributed by atoms with Crippen LogP contribution in [0.25, 0.3) is 0 Å². The standard InChI is InChI=1S/C7H9N5O/c1-5-9-7(2,12-10-5)3-6-8-4-13-11-6/h4H,3H2,1-2H3.